The third-order valence-corrected chi connectivity index (χ3v) is 8.66. The van der Waals surface area contributed by atoms with Crippen molar-refractivity contribution in [1.29, 1.82) is 0 Å². The van der Waals surface area contributed by atoms with Crippen LogP contribution in [0.3, 0.4) is 0 Å². The molecule has 224 valence electrons. The van der Waals surface area contributed by atoms with Gasteiger partial charge in [0, 0.05) is 54.5 Å². The number of hydrogen-bond donors (Lipinski definition) is 1. The summed E-state index contributed by atoms with van der Waals surface area (Å²) in [5, 5.41) is 3.69. The monoisotopic (exact) mass is 618 g/mol. The lowest BCUT2D eigenvalue weighted by Gasteiger charge is -2.43. The van der Waals surface area contributed by atoms with E-state index in [1.807, 2.05) is 21.3 Å². The van der Waals surface area contributed by atoms with Gasteiger partial charge in [0.25, 0.3) is 5.91 Å². The topological polar surface area (TPSA) is 93.1 Å². The minimum Gasteiger partial charge on any atom is -0.492 e. The van der Waals surface area contributed by atoms with E-state index < -0.39 is 23.2 Å². The minimum atomic E-state index is -0.619. The predicted octanol–water partition coefficient (Wildman–Crippen LogP) is 4.79. The largest absolute Gasteiger partial charge is 0.492 e. The van der Waals surface area contributed by atoms with Crippen LogP contribution in [0.15, 0.2) is 35.3 Å². The third-order valence-electron chi connectivity index (χ3n) is 8.08. The Balaban J connectivity index is 1.51. The number of aromatic nitrogens is 1. The number of anilines is 1. The van der Waals surface area contributed by atoms with E-state index >= 15 is 4.39 Å². The number of fused-ring (bicyclic) bond motifs is 1. The van der Waals surface area contributed by atoms with Crippen molar-refractivity contribution in [3.8, 4) is 5.75 Å². The molecule has 2 fully saturated rings. The summed E-state index contributed by atoms with van der Waals surface area (Å²) in [5.41, 5.74) is 0.677. The molecule has 1 aliphatic heterocycles. The second-order valence-electron chi connectivity index (χ2n) is 10.8. The van der Waals surface area contributed by atoms with E-state index in [0.717, 1.165) is 12.8 Å². The third kappa shape index (κ3) is 5.67. The average molecular weight is 620 g/mol. The molecular formula is C30H33Cl2FN4O5. The summed E-state index contributed by atoms with van der Waals surface area (Å²) in [4.78, 5) is 42.9. The van der Waals surface area contributed by atoms with Gasteiger partial charge in [-0.1, -0.05) is 29.3 Å². The van der Waals surface area contributed by atoms with Crippen LogP contribution in [0, 0.1) is 5.82 Å². The molecule has 1 amide bonds. The number of esters is 1. The standard InChI is InChI=1S/C30H33Cl2FN4O5/c1-16-14-35(9-10-36(16)17(2)30(40)42-4)26-24(33)12-21-25(28(26)41-3)37(20-7-8-20)15-22(27(21)38)29(39)34-13-18-5-6-19(31)11-23(18)32/h5-6,11-12,15-17,20H,7-10,13-14H2,1-4H3,(H,34,39). The van der Waals surface area contributed by atoms with Gasteiger partial charge in [0.2, 0.25) is 5.43 Å². The quantitative estimate of drug-likeness (QED) is 0.363. The molecule has 1 saturated carbocycles. The second kappa shape index (κ2) is 12.1. The highest BCUT2D eigenvalue weighted by Crippen LogP contribution is 2.44. The molecule has 3 aromatic rings. The van der Waals surface area contributed by atoms with Crippen LogP contribution in [0.1, 0.15) is 48.7 Å². The molecule has 0 radical (unpaired) electrons. The van der Waals surface area contributed by atoms with E-state index in [1.54, 1.807) is 31.3 Å². The van der Waals surface area contributed by atoms with E-state index in [-0.39, 0.29) is 47.0 Å². The molecule has 1 N–H and O–H groups in total. The molecule has 0 bridgehead atoms. The molecule has 12 heteroatoms. The van der Waals surface area contributed by atoms with Crippen molar-refractivity contribution < 1.29 is 23.5 Å². The van der Waals surface area contributed by atoms with Gasteiger partial charge in [-0.15, -0.1) is 0 Å². The molecule has 0 spiro atoms. The molecule has 5 rings (SSSR count). The van der Waals surface area contributed by atoms with Crippen molar-refractivity contribution in [3.63, 3.8) is 0 Å². The van der Waals surface area contributed by atoms with Gasteiger partial charge in [0.05, 0.1) is 25.1 Å². The Morgan fingerprint density at radius 2 is 1.90 bits per heavy atom. The molecule has 1 aliphatic carbocycles. The summed E-state index contributed by atoms with van der Waals surface area (Å²) in [7, 11) is 2.81. The van der Waals surface area contributed by atoms with Crippen molar-refractivity contribution in [1.82, 2.24) is 14.8 Å². The van der Waals surface area contributed by atoms with Crippen LogP contribution in [0.5, 0.6) is 5.75 Å². The summed E-state index contributed by atoms with van der Waals surface area (Å²) >= 11 is 12.2. The maximum absolute atomic E-state index is 15.9. The molecule has 2 unspecified atom stereocenters. The normalized spacial score (nSPS) is 18.2. The predicted molar refractivity (Wildman–Crippen MR) is 160 cm³/mol. The molecule has 1 saturated heterocycles. The highest BCUT2D eigenvalue weighted by molar-refractivity contribution is 6.35. The first-order chi connectivity index (χ1) is 20.0. The number of methoxy groups -OCH3 is 2. The molecule has 9 nitrogen and oxygen atoms in total. The second-order valence-corrected chi connectivity index (χ2v) is 11.6. The number of ether oxygens (including phenoxy) is 2. The van der Waals surface area contributed by atoms with Gasteiger partial charge in [-0.05, 0) is 50.5 Å². The molecule has 2 atom stereocenters. The van der Waals surface area contributed by atoms with Crippen molar-refractivity contribution in [2.24, 2.45) is 0 Å². The number of carbonyl (C=O) groups is 2. The number of halogens is 3. The van der Waals surface area contributed by atoms with E-state index in [2.05, 4.69) is 5.32 Å². The molecule has 42 heavy (non-hydrogen) atoms. The fourth-order valence-corrected chi connectivity index (χ4v) is 6.20. The number of benzene rings is 2. The Hall–Kier alpha value is -3.34. The van der Waals surface area contributed by atoms with Crippen molar-refractivity contribution in [3.05, 3.63) is 67.7 Å². The Labute approximate surface area is 253 Å². The summed E-state index contributed by atoms with van der Waals surface area (Å²) < 4.78 is 28.5. The number of nitrogens with one attached hydrogen (secondary N) is 1. The zero-order chi connectivity index (χ0) is 30.3. The maximum Gasteiger partial charge on any atom is 0.322 e. The van der Waals surface area contributed by atoms with Crippen LogP contribution in [0.2, 0.25) is 10.0 Å². The highest BCUT2D eigenvalue weighted by atomic mass is 35.5. The number of hydrogen-bond acceptors (Lipinski definition) is 7. The number of carbonyl (C=O) groups excluding carboxylic acids is 2. The van der Waals surface area contributed by atoms with E-state index in [0.29, 0.717) is 40.8 Å². The molecule has 2 aromatic carbocycles. The first-order valence-corrected chi connectivity index (χ1v) is 14.6. The van der Waals surface area contributed by atoms with Crippen LogP contribution in [0.25, 0.3) is 10.9 Å². The van der Waals surface area contributed by atoms with Crippen molar-refractivity contribution in [2.45, 2.75) is 51.4 Å². The number of piperazine rings is 1. The Morgan fingerprint density at radius 3 is 2.52 bits per heavy atom. The number of rotatable bonds is 8. The molecule has 2 aliphatic rings. The zero-order valence-electron chi connectivity index (χ0n) is 23.9. The lowest BCUT2D eigenvalue weighted by atomic mass is 10.1. The number of nitrogens with zero attached hydrogens (tertiary/aromatic N) is 3. The first kappa shape index (κ1) is 30.1. The smallest absolute Gasteiger partial charge is 0.322 e. The zero-order valence-corrected chi connectivity index (χ0v) is 25.4. The van der Waals surface area contributed by atoms with E-state index in [1.165, 1.54) is 20.3 Å². The van der Waals surface area contributed by atoms with E-state index in [4.69, 9.17) is 32.7 Å². The Morgan fingerprint density at radius 1 is 1.17 bits per heavy atom. The van der Waals surface area contributed by atoms with Gasteiger partial charge in [0.15, 0.2) is 11.6 Å². The van der Waals surface area contributed by atoms with Gasteiger partial charge in [-0.3, -0.25) is 19.3 Å². The van der Waals surface area contributed by atoms with Crippen LogP contribution >= 0.6 is 23.2 Å². The summed E-state index contributed by atoms with van der Waals surface area (Å²) in [5.74, 6) is -1.29. The molecule has 1 aromatic heterocycles. The summed E-state index contributed by atoms with van der Waals surface area (Å²) in [6.45, 7) is 5.23. The minimum absolute atomic E-state index is 0.0502. The highest BCUT2D eigenvalue weighted by Gasteiger charge is 2.35. The fraction of sp³-hybridized carbons (Fsp3) is 0.433. The SMILES string of the molecule is COC(=O)C(C)N1CCN(c2c(F)cc3c(=O)c(C(=O)NCc4ccc(Cl)cc4Cl)cn(C4CC4)c3c2OC)CC1C. The van der Waals surface area contributed by atoms with Crippen LogP contribution < -0.4 is 20.4 Å². The fourth-order valence-electron chi connectivity index (χ4n) is 5.73. The molecule has 2 heterocycles. The van der Waals surface area contributed by atoms with Crippen molar-refractivity contribution in [2.75, 3.05) is 38.8 Å². The van der Waals surface area contributed by atoms with Gasteiger partial charge >= 0.3 is 5.97 Å². The summed E-state index contributed by atoms with van der Waals surface area (Å²) in [6, 6.07) is 5.68. The van der Waals surface area contributed by atoms with Crippen molar-refractivity contribution >= 4 is 51.7 Å². The van der Waals surface area contributed by atoms with Gasteiger partial charge in [-0.25, -0.2) is 4.39 Å². The Bertz CT molecular complexity index is 1610. The Kier molecular flexibility index (Phi) is 8.68. The number of pyridine rings is 1. The lowest BCUT2D eigenvalue weighted by molar-refractivity contribution is -0.147. The maximum atomic E-state index is 15.9. The van der Waals surface area contributed by atoms with Gasteiger partial charge in [-0.2, -0.15) is 0 Å². The summed E-state index contributed by atoms with van der Waals surface area (Å²) in [6.07, 6.45) is 3.26. The first-order valence-electron chi connectivity index (χ1n) is 13.8. The average Bonchev–Trinajstić information content (AvgIpc) is 3.81. The number of amides is 1. The lowest BCUT2D eigenvalue weighted by Crippen LogP contribution is -2.57. The van der Waals surface area contributed by atoms with Gasteiger partial charge in [0.1, 0.15) is 17.3 Å². The van der Waals surface area contributed by atoms with Crippen LogP contribution in [0.4, 0.5) is 10.1 Å². The molecular weight excluding hydrogens is 586 g/mol. The van der Waals surface area contributed by atoms with E-state index in [9.17, 15) is 14.4 Å². The van der Waals surface area contributed by atoms with Crippen LogP contribution in [-0.2, 0) is 16.1 Å². The van der Waals surface area contributed by atoms with Gasteiger partial charge < -0.3 is 24.3 Å². The van der Waals surface area contributed by atoms with Crippen LogP contribution in [-0.4, -0.2) is 67.3 Å².